The summed E-state index contributed by atoms with van der Waals surface area (Å²) in [5.74, 6) is 0.965. The zero-order valence-corrected chi connectivity index (χ0v) is 19.8. The predicted molar refractivity (Wildman–Crippen MR) is 132 cm³/mol. The summed E-state index contributed by atoms with van der Waals surface area (Å²) in [6.45, 7) is 4.97. The largest absolute Gasteiger partial charge is 0.493 e. The van der Waals surface area contributed by atoms with E-state index in [2.05, 4.69) is 12.2 Å². The van der Waals surface area contributed by atoms with Crippen molar-refractivity contribution >= 4 is 17.5 Å². The Morgan fingerprint density at radius 2 is 1.79 bits per heavy atom. The van der Waals surface area contributed by atoms with Crippen LogP contribution in [0.5, 0.6) is 11.5 Å². The molecule has 0 unspecified atom stereocenters. The maximum absolute atomic E-state index is 13.3. The first kappa shape index (κ1) is 23.4. The minimum absolute atomic E-state index is 0.0754. The number of amides is 2. The summed E-state index contributed by atoms with van der Waals surface area (Å²) in [4.78, 5) is 28.2. The molecular weight excluding hydrogens is 428 g/mol. The lowest BCUT2D eigenvalue weighted by atomic mass is 10.0. The number of rotatable bonds is 9. The Kier molecular flexibility index (Phi) is 7.16. The molecule has 0 aliphatic carbocycles. The number of nitrogens with one attached hydrogen (secondary N) is 1. The monoisotopic (exact) mass is 458 g/mol. The van der Waals surface area contributed by atoms with Gasteiger partial charge in [-0.05, 0) is 60.4 Å². The van der Waals surface area contributed by atoms with Gasteiger partial charge in [0.2, 0.25) is 5.91 Å². The van der Waals surface area contributed by atoms with E-state index < -0.39 is 6.04 Å². The number of carbonyl (C=O) groups is 2. The Balaban J connectivity index is 1.63. The topological polar surface area (TPSA) is 67.9 Å². The maximum Gasteiger partial charge on any atom is 0.255 e. The van der Waals surface area contributed by atoms with E-state index in [1.807, 2.05) is 73.7 Å². The van der Waals surface area contributed by atoms with Crippen LogP contribution in [0.1, 0.15) is 53.4 Å². The fourth-order valence-corrected chi connectivity index (χ4v) is 4.31. The molecule has 6 nitrogen and oxygen atoms in total. The van der Waals surface area contributed by atoms with Crippen LogP contribution in [0, 0.1) is 0 Å². The first-order valence-corrected chi connectivity index (χ1v) is 11.6. The van der Waals surface area contributed by atoms with E-state index in [1.54, 1.807) is 12.0 Å². The van der Waals surface area contributed by atoms with Crippen LogP contribution in [0.15, 0.2) is 66.7 Å². The lowest BCUT2D eigenvalue weighted by molar-refractivity contribution is -0.117. The number of carbonyl (C=O) groups excluding carboxylic acids is 2. The van der Waals surface area contributed by atoms with Crippen molar-refractivity contribution in [1.29, 1.82) is 0 Å². The van der Waals surface area contributed by atoms with Crippen LogP contribution in [-0.2, 0) is 17.8 Å². The Morgan fingerprint density at radius 1 is 1.03 bits per heavy atom. The van der Waals surface area contributed by atoms with Gasteiger partial charge in [0, 0.05) is 17.8 Å². The molecule has 176 valence electrons. The first-order chi connectivity index (χ1) is 16.5. The van der Waals surface area contributed by atoms with Gasteiger partial charge in [-0.1, -0.05) is 43.3 Å². The molecule has 34 heavy (non-hydrogen) atoms. The molecule has 6 heteroatoms. The van der Waals surface area contributed by atoms with E-state index in [4.69, 9.17) is 9.47 Å². The van der Waals surface area contributed by atoms with E-state index in [0.717, 1.165) is 23.2 Å². The lowest BCUT2D eigenvalue weighted by Gasteiger charge is -2.28. The molecule has 0 saturated carbocycles. The molecule has 3 aromatic rings. The standard InChI is InChI=1S/C28H30N2O4/c1-4-19-10-13-22(14-11-19)29-27(31)17-24(20-12-15-25(34-5-2)26(16-20)33-3)30-18-21-8-6-7-9-23(21)28(30)32/h6-16,24H,4-5,17-18H2,1-3H3,(H,29,31)/t24-/m0/s1. The summed E-state index contributed by atoms with van der Waals surface area (Å²) in [6, 6.07) is 20.5. The Morgan fingerprint density at radius 3 is 2.47 bits per heavy atom. The van der Waals surface area contributed by atoms with Gasteiger partial charge in [0.15, 0.2) is 11.5 Å². The van der Waals surface area contributed by atoms with Crippen LogP contribution in [0.4, 0.5) is 5.69 Å². The molecule has 2 amide bonds. The third-order valence-corrected chi connectivity index (χ3v) is 6.12. The number of hydrogen-bond donors (Lipinski definition) is 1. The Labute approximate surface area is 200 Å². The minimum Gasteiger partial charge on any atom is -0.493 e. The number of benzene rings is 3. The fourth-order valence-electron chi connectivity index (χ4n) is 4.31. The van der Waals surface area contributed by atoms with E-state index in [0.29, 0.717) is 30.2 Å². The Hall–Kier alpha value is -3.80. The van der Waals surface area contributed by atoms with Gasteiger partial charge < -0.3 is 19.7 Å². The summed E-state index contributed by atoms with van der Waals surface area (Å²) in [5, 5.41) is 2.98. The van der Waals surface area contributed by atoms with Crippen LogP contribution < -0.4 is 14.8 Å². The fraction of sp³-hybridized carbons (Fsp3) is 0.286. The molecule has 0 aromatic heterocycles. The van der Waals surface area contributed by atoms with Crippen LogP contribution in [0.3, 0.4) is 0 Å². The number of nitrogens with zero attached hydrogens (tertiary/aromatic N) is 1. The van der Waals surface area contributed by atoms with Gasteiger partial charge in [0.25, 0.3) is 5.91 Å². The molecule has 0 bridgehead atoms. The first-order valence-electron chi connectivity index (χ1n) is 11.6. The van der Waals surface area contributed by atoms with Crippen LogP contribution >= 0.6 is 0 Å². The molecule has 1 heterocycles. The quantitative estimate of drug-likeness (QED) is 0.467. The molecule has 3 aromatic carbocycles. The van der Waals surface area contributed by atoms with Gasteiger partial charge >= 0.3 is 0 Å². The van der Waals surface area contributed by atoms with Crippen molar-refractivity contribution in [2.45, 2.75) is 39.3 Å². The molecule has 0 radical (unpaired) electrons. The number of anilines is 1. The molecule has 1 aliphatic rings. The van der Waals surface area contributed by atoms with Crippen molar-refractivity contribution in [2.24, 2.45) is 0 Å². The SMILES string of the molecule is CCOc1ccc([C@H](CC(=O)Nc2ccc(CC)cc2)N2Cc3ccccc3C2=O)cc1OC. The second-order valence-corrected chi connectivity index (χ2v) is 8.25. The van der Waals surface area contributed by atoms with Crippen molar-refractivity contribution in [3.8, 4) is 11.5 Å². The number of hydrogen-bond acceptors (Lipinski definition) is 4. The third-order valence-electron chi connectivity index (χ3n) is 6.12. The van der Waals surface area contributed by atoms with Gasteiger partial charge in [0.05, 0.1) is 26.2 Å². The second-order valence-electron chi connectivity index (χ2n) is 8.25. The summed E-state index contributed by atoms with van der Waals surface area (Å²) >= 11 is 0. The number of ether oxygens (including phenoxy) is 2. The van der Waals surface area contributed by atoms with Gasteiger partial charge in [0.1, 0.15) is 0 Å². The van der Waals surface area contributed by atoms with E-state index in [1.165, 1.54) is 5.56 Å². The van der Waals surface area contributed by atoms with Gasteiger partial charge in [-0.2, -0.15) is 0 Å². The van der Waals surface area contributed by atoms with Crippen LogP contribution in [0.25, 0.3) is 0 Å². The highest BCUT2D eigenvalue weighted by Crippen LogP contribution is 2.37. The summed E-state index contributed by atoms with van der Waals surface area (Å²) in [7, 11) is 1.58. The molecule has 1 N–H and O–H groups in total. The predicted octanol–water partition coefficient (Wildman–Crippen LogP) is 5.38. The highest BCUT2D eigenvalue weighted by Gasteiger charge is 2.34. The lowest BCUT2D eigenvalue weighted by Crippen LogP contribution is -2.32. The normalized spacial score (nSPS) is 13.4. The van der Waals surface area contributed by atoms with E-state index in [9.17, 15) is 9.59 Å². The van der Waals surface area contributed by atoms with Crippen LogP contribution in [-0.4, -0.2) is 30.4 Å². The average molecular weight is 459 g/mol. The number of methoxy groups -OCH3 is 1. The maximum atomic E-state index is 13.3. The second kappa shape index (κ2) is 10.4. The molecule has 0 fully saturated rings. The summed E-state index contributed by atoms with van der Waals surface area (Å²) in [6.07, 6.45) is 1.06. The third kappa shape index (κ3) is 4.91. The molecule has 1 aliphatic heterocycles. The highest BCUT2D eigenvalue weighted by molar-refractivity contribution is 5.99. The van der Waals surface area contributed by atoms with Gasteiger partial charge in [-0.15, -0.1) is 0 Å². The molecule has 0 spiro atoms. The molecule has 4 rings (SSSR count). The molecule has 0 saturated heterocycles. The zero-order valence-electron chi connectivity index (χ0n) is 19.8. The van der Waals surface area contributed by atoms with E-state index in [-0.39, 0.29) is 18.2 Å². The van der Waals surface area contributed by atoms with Crippen molar-refractivity contribution in [3.63, 3.8) is 0 Å². The summed E-state index contributed by atoms with van der Waals surface area (Å²) in [5.41, 5.74) is 4.41. The minimum atomic E-state index is -0.459. The van der Waals surface area contributed by atoms with Gasteiger partial charge in [-0.25, -0.2) is 0 Å². The smallest absolute Gasteiger partial charge is 0.255 e. The Bertz CT molecular complexity index is 1170. The van der Waals surface area contributed by atoms with Crippen LogP contribution in [0.2, 0.25) is 0 Å². The molecule has 1 atom stereocenters. The number of aryl methyl sites for hydroxylation is 1. The van der Waals surface area contributed by atoms with Crippen molar-refractivity contribution < 1.29 is 19.1 Å². The summed E-state index contributed by atoms with van der Waals surface area (Å²) < 4.78 is 11.2. The number of fused-ring (bicyclic) bond motifs is 1. The molecular formula is C28H30N2O4. The van der Waals surface area contributed by atoms with E-state index >= 15 is 0 Å². The zero-order chi connectivity index (χ0) is 24.1. The van der Waals surface area contributed by atoms with Crippen molar-refractivity contribution in [1.82, 2.24) is 4.90 Å². The highest BCUT2D eigenvalue weighted by atomic mass is 16.5. The van der Waals surface area contributed by atoms with Crippen molar-refractivity contribution in [2.75, 3.05) is 19.0 Å². The average Bonchev–Trinajstić information content (AvgIpc) is 3.20. The van der Waals surface area contributed by atoms with Crippen molar-refractivity contribution in [3.05, 3.63) is 89.0 Å². The van der Waals surface area contributed by atoms with Gasteiger partial charge in [-0.3, -0.25) is 9.59 Å².